The first-order valence-electron chi connectivity index (χ1n) is 7.54. The Kier molecular flexibility index (Phi) is 3.74. The van der Waals surface area contributed by atoms with E-state index in [1.54, 1.807) is 0 Å². The summed E-state index contributed by atoms with van der Waals surface area (Å²) in [5, 5.41) is 0. The summed E-state index contributed by atoms with van der Waals surface area (Å²) in [4.78, 5) is 30.0. The fourth-order valence-electron chi connectivity index (χ4n) is 3.46. The van der Waals surface area contributed by atoms with E-state index < -0.39 is 5.69 Å². The largest absolute Gasteiger partial charge is 0.325 e. The normalized spacial score (nSPS) is 21.1. The third kappa shape index (κ3) is 3.04. The third-order valence-corrected chi connectivity index (χ3v) is 4.43. The van der Waals surface area contributed by atoms with Crippen molar-refractivity contribution < 1.29 is 0 Å². The molecule has 0 saturated carbocycles. The number of likely N-dealkylation sites (tertiary alicyclic amines) is 1. The maximum Gasteiger partial charge on any atom is 0.325 e. The van der Waals surface area contributed by atoms with E-state index in [0.717, 1.165) is 13.1 Å². The second kappa shape index (κ2) is 5.57. The minimum atomic E-state index is -0.444. The maximum absolute atomic E-state index is 11.4. The second-order valence-electron chi connectivity index (χ2n) is 6.73. The highest BCUT2D eigenvalue weighted by atomic mass is 16.2. The predicted molar refractivity (Wildman–Crippen MR) is 85.9 cm³/mol. The van der Waals surface area contributed by atoms with Crippen LogP contribution in [0, 0.1) is 5.41 Å². The van der Waals surface area contributed by atoms with Crippen molar-refractivity contribution in [2.45, 2.75) is 26.3 Å². The summed E-state index contributed by atoms with van der Waals surface area (Å²) in [6.07, 6.45) is 0. The number of nitrogens with zero attached hydrogens (tertiary/aromatic N) is 1. The summed E-state index contributed by atoms with van der Waals surface area (Å²) in [5.74, 6) is 0.447. The van der Waals surface area contributed by atoms with Crippen LogP contribution in [0.1, 0.15) is 31.0 Å². The Bertz CT molecular complexity index is 733. The average molecular weight is 299 g/mol. The van der Waals surface area contributed by atoms with Gasteiger partial charge in [0.25, 0.3) is 5.56 Å². The first-order chi connectivity index (χ1) is 10.4. The number of benzene rings is 1. The van der Waals surface area contributed by atoms with Gasteiger partial charge in [0, 0.05) is 37.3 Å². The van der Waals surface area contributed by atoms with E-state index in [1.165, 1.54) is 11.6 Å². The van der Waals surface area contributed by atoms with Crippen LogP contribution < -0.4 is 11.2 Å². The molecule has 1 aliphatic heterocycles. The lowest BCUT2D eigenvalue weighted by atomic mass is 9.78. The van der Waals surface area contributed by atoms with Crippen LogP contribution in [0.15, 0.2) is 46.0 Å². The SMILES string of the molecule is CC1(C)CN(Cc2cc(=O)[nH]c(=O)[nH]2)C[C@@H]1c1ccccc1. The molecule has 5 nitrogen and oxygen atoms in total. The summed E-state index contributed by atoms with van der Waals surface area (Å²) >= 11 is 0. The predicted octanol–water partition coefficient (Wildman–Crippen LogP) is 1.69. The van der Waals surface area contributed by atoms with E-state index in [9.17, 15) is 9.59 Å². The topological polar surface area (TPSA) is 69.0 Å². The summed E-state index contributed by atoms with van der Waals surface area (Å²) in [6.45, 7) is 6.98. The molecule has 1 aromatic heterocycles. The van der Waals surface area contributed by atoms with Crippen molar-refractivity contribution in [2.75, 3.05) is 13.1 Å². The van der Waals surface area contributed by atoms with Crippen molar-refractivity contribution in [2.24, 2.45) is 5.41 Å². The number of H-pyrrole nitrogens is 2. The van der Waals surface area contributed by atoms with Crippen LogP contribution in [0.25, 0.3) is 0 Å². The van der Waals surface area contributed by atoms with Crippen LogP contribution in [0.3, 0.4) is 0 Å². The zero-order chi connectivity index (χ0) is 15.7. The lowest BCUT2D eigenvalue weighted by molar-refractivity contribution is 0.279. The summed E-state index contributed by atoms with van der Waals surface area (Å²) in [7, 11) is 0. The summed E-state index contributed by atoms with van der Waals surface area (Å²) in [5.41, 5.74) is 1.37. The zero-order valence-corrected chi connectivity index (χ0v) is 12.9. The van der Waals surface area contributed by atoms with E-state index in [-0.39, 0.29) is 11.0 Å². The van der Waals surface area contributed by atoms with Crippen LogP contribution in [0.4, 0.5) is 0 Å². The molecule has 0 amide bonds. The van der Waals surface area contributed by atoms with Crippen molar-refractivity contribution in [3.63, 3.8) is 0 Å². The minimum absolute atomic E-state index is 0.156. The van der Waals surface area contributed by atoms with E-state index in [0.29, 0.717) is 18.2 Å². The molecule has 1 saturated heterocycles. The molecule has 2 N–H and O–H groups in total. The number of nitrogens with one attached hydrogen (secondary N) is 2. The number of aromatic amines is 2. The highest BCUT2D eigenvalue weighted by molar-refractivity contribution is 5.24. The van der Waals surface area contributed by atoms with E-state index >= 15 is 0 Å². The quantitative estimate of drug-likeness (QED) is 0.906. The Labute approximate surface area is 129 Å². The molecule has 0 unspecified atom stereocenters. The van der Waals surface area contributed by atoms with Gasteiger partial charge in [0.1, 0.15) is 0 Å². The molecule has 0 aliphatic carbocycles. The van der Waals surface area contributed by atoms with Gasteiger partial charge in [-0.2, -0.15) is 0 Å². The Morgan fingerprint density at radius 2 is 1.91 bits per heavy atom. The van der Waals surface area contributed by atoms with E-state index in [2.05, 4.69) is 53.0 Å². The number of hydrogen-bond acceptors (Lipinski definition) is 3. The zero-order valence-electron chi connectivity index (χ0n) is 12.9. The van der Waals surface area contributed by atoms with Gasteiger partial charge in [-0.25, -0.2) is 4.79 Å². The van der Waals surface area contributed by atoms with Crippen molar-refractivity contribution in [3.05, 3.63) is 68.5 Å². The molecule has 1 fully saturated rings. The third-order valence-electron chi connectivity index (χ3n) is 4.43. The van der Waals surface area contributed by atoms with Crippen molar-refractivity contribution in [1.82, 2.24) is 14.9 Å². The van der Waals surface area contributed by atoms with Crippen LogP contribution in [0.2, 0.25) is 0 Å². The van der Waals surface area contributed by atoms with Crippen molar-refractivity contribution in [1.29, 1.82) is 0 Å². The molecule has 0 bridgehead atoms. The molecular weight excluding hydrogens is 278 g/mol. The second-order valence-corrected chi connectivity index (χ2v) is 6.73. The average Bonchev–Trinajstić information content (AvgIpc) is 2.73. The van der Waals surface area contributed by atoms with Crippen molar-refractivity contribution in [3.8, 4) is 0 Å². The number of rotatable bonds is 3. The molecule has 2 aromatic rings. The lowest BCUT2D eigenvalue weighted by Crippen LogP contribution is -2.28. The molecule has 22 heavy (non-hydrogen) atoms. The van der Waals surface area contributed by atoms with Gasteiger partial charge in [0.2, 0.25) is 0 Å². The summed E-state index contributed by atoms with van der Waals surface area (Å²) in [6, 6.07) is 12.0. The van der Waals surface area contributed by atoms with Gasteiger partial charge in [0.05, 0.1) is 0 Å². The fraction of sp³-hybridized carbons (Fsp3) is 0.412. The lowest BCUT2D eigenvalue weighted by Gasteiger charge is -2.26. The monoisotopic (exact) mass is 299 g/mol. The van der Waals surface area contributed by atoms with Crippen LogP contribution in [-0.4, -0.2) is 28.0 Å². The molecule has 5 heteroatoms. The Morgan fingerprint density at radius 1 is 1.18 bits per heavy atom. The van der Waals surface area contributed by atoms with Crippen LogP contribution in [-0.2, 0) is 6.54 Å². The number of hydrogen-bond donors (Lipinski definition) is 2. The van der Waals surface area contributed by atoms with E-state index in [1.807, 2.05) is 6.07 Å². The Balaban J connectivity index is 1.80. The fourth-order valence-corrected chi connectivity index (χ4v) is 3.46. The first-order valence-corrected chi connectivity index (χ1v) is 7.54. The summed E-state index contributed by atoms with van der Waals surface area (Å²) < 4.78 is 0. The molecule has 1 aliphatic rings. The Morgan fingerprint density at radius 3 is 2.59 bits per heavy atom. The van der Waals surface area contributed by atoms with Gasteiger partial charge in [-0.3, -0.25) is 14.7 Å². The van der Waals surface area contributed by atoms with E-state index in [4.69, 9.17) is 0 Å². The van der Waals surface area contributed by atoms with Gasteiger partial charge < -0.3 is 4.98 Å². The molecule has 1 aromatic carbocycles. The number of aromatic nitrogens is 2. The highest BCUT2D eigenvalue weighted by Crippen LogP contribution is 2.42. The molecular formula is C17H21N3O2. The van der Waals surface area contributed by atoms with Crippen LogP contribution in [0.5, 0.6) is 0 Å². The smallest absolute Gasteiger partial charge is 0.310 e. The van der Waals surface area contributed by atoms with Crippen molar-refractivity contribution >= 4 is 0 Å². The van der Waals surface area contributed by atoms with Gasteiger partial charge in [0.15, 0.2) is 0 Å². The minimum Gasteiger partial charge on any atom is -0.310 e. The molecule has 116 valence electrons. The van der Waals surface area contributed by atoms with Crippen LogP contribution >= 0.6 is 0 Å². The molecule has 0 spiro atoms. The standard InChI is InChI=1S/C17H21N3O2/c1-17(2)11-20(9-13-8-15(21)19-16(22)18-13)10-14(17)12-6-4-3-5-7-12/h3-8,14H,9-11H2,1-2H3,(H2,18,19,21,22)/t14-/m1/s1. The van der Waals surface area contributed by atoms with Gasteiger partial charge >= 0.3 is 5.69 Å². The van der Waals surface area contributed by atoms with Gasteiger partial charge in [-0.1, -0.05) is 44.2 Å². The Hall–Kier alpha value is -2.14. The van der Waals surface area contributed by atoms with Gasteiger partial charge in [-0.05, 0) is 11.0 Å². The molecule has 3 rings (SSSR count). The molecule has 0 radical (unpaired) electrons. The van der Waals surface area contributed by atoms with Gasteiger partial charge in [-0.15, -0.1) is 0 Å². The maximum atomic E-state index is 11.4. The highest BCUT2D eigenvalue weighted by Gasteiger charge is 2.39. The molecule has 2 heterocycles. The first kappa shape index (κ1) is 14.8. The molecule has 1 atom stereocenters.